The first-order valence-corrected chi connectivity index (χ1v) is 14.5. The van der Waals surface area contributed by atoms with Crippen LogP contribution in [-0.2, 0) is 4.79 Å². The summed E-state index contributed by atoms with van der Waals surface area (Å²) >= 11 is 0. The highest BCUT2D eigenvalue weighted by Gasteiger charge is 2.47. The topological polar surface area (TPSA) is 143 Å². The number of aliphatic hydroxyl groups excluding tert-OH is 1. The van der Waals surface area contributed by atoms with Crippen molar-refractivity contribution >= 4 is 11.5 Å². The Labute approximate surface area is 239 Å². The third-order valence-electron chi connectivity index (χ3n) is 8.85. The number of hydrogen-bond donors (Lipinski definition) is 2. The van der Waals surface area contributed by atoms with Gasteiger partial charge in [-0.1, -0.05) is 6.42 Å². The molecule has 6 rings (SSSR count). The van der Waals surface area contributed by atoms with Crippen molar-refractivity contribution in [3.05, 3.63) is 54.1 Å². The van der Waals surface area contributed by atoms with Crippen LogP contribution in [0.1, 0.15) is 70.5 Å². The minimum absolute atomic E-state index is 0.0126. The van der Waals surface area contributed by atoms with E-state index < -0.39 is 5.41 Å². The summed E-state index contributed by atoms with van der Waals surface area (Å²) in [6, 6.07) is 3.80. The van der Waals surface area contributed by atoms with Crippen molar-refractivity contribution < 1.29 is 14.6 Å². The van der Waals surface area contributed by atoms with Crippen LogP contribution < -0.4 is 4.74 Å². The third-order valence-corrected chi connectivity index (χ3v) is 8.85. The molecule has 0 aromatic carbocycles. The SMILES string of the molecule is C[C@H](Oc1cc(-n2ccc(-c3cnccn3)n2)nc(C(=N)C2=C(O)[C@]3(CCCCC3=O)CCC2)n1)[C@@H]1CCCN1C. The number of nitrogens with zero attached hydrogens (tertiary/aromatic N) is 7. The fourth-order valence-corrected chi connectivity index (χ4v) is 6.60. The van der Waals surface area contributed by atoms with Crippen molar-refractivity contribution in [2.75, 3.05) is 13.6 Å². The number of aromatic nitrogens is 6. The largest absolute Gasteiger partial charge is 0.511 e. The highest BCUT2D eigenvalue weighted by atomic mass is 16.5. The lowest BCUT2D eigenvalue weighted by atomic mass is 9.64. The number of aliphatic hydroxyl groups is 1. The molecule has 11 nitrogen and oxygen atoms in total. The molecule has 3 atom stereocenters. The van der Waals surface area contributed by atoms with Crippen molar-refractivity contribution in [3.63, 3.8) is 0 Å². The molecule has 1 saturated heterocycles. The van der Waals surface area contributed by atoms with Gasteiger partial charge in [-0.05, 0) is 71.5 Å². The van der Waals surface area contributed by atoms with Crippen LogP contribution in [0.25, 0.3) is 17.2 Å². The number of carbonyl (C=O) groups is 1. The van der Waals surface area contributed by atoms with E-state index in [2.05, 4.69) is 32.0 Å². The molecule has 2 N–H and O–H groups in total. The average Bonchev–Trinajstić information content (AvgIpc) is 3.66. The monoisotopic (exact) mass is 556 g/mol. The number of allylic oxidation sites excluding steroid dienone is 2. The van der Waals surface area contributed by atoms with Gasteiger partial charge in [0.1, 0.15) is 34.7 Å². The molecule has 4 heterocycles. The van der Waals surface area contributed by atoms with Crippen LogP contribution in [0.15, 0.2) is 48.3 Å². The van der Waals surface area contributed by atoms with Crippen LogP contribution in [0.3, 0.4) is 0 Å². The molecule has 3 aromatic heterocycles. The maximum atomic E-state index is 13.0. The molecule has 0 amide bonds. The summed E-state index contributed by atoms with van der Waals surface area (Å²) in [6.45, 7) is 3.06. The average molecular weight is 557 g/mol. The second-order valence-electron chi connectivity index (χ2n) is 11.4. The Morgan fingerprint density at radius 2 is 2.00 bits per heavy atom. The minimum Gasteiger partial charge on any atom is -0.511 e. The first-order valence-electron chi connectivity index (χ1n) is 14.5. The highest BCUT2D eigenvalue weighted by Crippen LogP contribution is 2.48. The molecule has 2 fully saturated rings. The molecule has 1 aliphatic heterocycles. The summed E-state index contributed by atoms with van der Waals surface area (Å²) in [5.74, 6) is 0.991. The van der Waals surface area contributed by atoms with Crippen LogP contribution in [0.2, 0.25) is 0 Å². The number of nitrogens with one attached hydrogen (secondary N) is 1. The van der Waals surface area contributed by atoms with Crippen LogP contribution in [-0.4, -0.2) is 77.0 Å². The highest BCUT2D eigenvalue weighted by molar-refractivity contribution is 6.09. The summed E-state index contributed by atoms with van der Waals surface area (Å²) in [7, 11) is 2.10. The van der Waals surface area contributed by atoms with Gasteiger partial charge in [0.25, 0.3) is 0 Å². The van der Waals surface area contributed by atoms with Gasteiger partial charge >= 0.3 is 0 Å². The Balaban J connectivity index is 1.38. The number of rotatable bonds is 7. The predicted octanol–water partition coefficient (Wildman–Crippen LogP) is 4.47. The Hall–Kier alpha value is -3.99. The van der Waals surface area contributed by atoms with Crippen molar-refractivity contribution in [3.8, 4) is 23.1 Å². The van der Waals surface area contributed by atoms with Crippen LogP contribution in [0, 0.1) is 10.8 Å². The molecule has 2 aliphatic carbocycles. The summed E-state index contributed by atoms with van der Waals surface area (Å²) in [5, 5.41) is 25.2. The van der Waals surface area contributed by atoms with E-state index in [0.717, 1.165) is 38.6 Å². The van der Waals surface area contributed by atoms with E-state index in [4.69, 9.17) is 15.1 Å². The molecule has 214 valence electrons. The van der Waals surface area contributed by atoms with Crippen molar-refractivity contribution in [1.82, 2.24) is 34.6 Å². The number of hydrogen-bond acceptors (Lipinski definition) is 10. The Bertz CT molecular complexity index is 1490. The first-order chi connectivity index (χ1) is 19.9. The Morgan fingerprint density at radius 3 is 2.76 bits per heavy atom. The van der Waals surface area contributed by atoms with Gasteiger partial charge in [0, 0.05) is 42.7 Å². The van der Waals surface area contributed by atoms with Crippen molar-refractivity contribution in [2.45, 2.75) is 76.9 Å². The zero-order valence-corrected chi connectivity index (χ0v) is 23.6. The molecule has 1 spiro atoms. The first kappa shape index (κ1) is 27.2. The van der Waals surface area contributed by atoms with Gasteiger partial charge in [0.05, 0.1) is 11.6 Å². The Morgan fingerprint density at radius 1 is 1.15 bits per heavy atom. The van der Waals surface area contributed by atoms with Gasteiger partial charge in [-0.15, -0.1) is 0 Å². The molecule has 3 aliphatic rings. The molecule has 3 aromatic rings. The molecule has 0 radical (unpaired) electrons. The second-order valence-corrected chi connectivity index (χ2v) is 11.4. The van der Waals surface area contributed by atoms with Crippen LogP contribution in [0.4, 0.5) is 0 Å². The predicted molar refractivity (Wildman–Crippen MR) is 152 cm³/mol. The van der Waals surface area contributed by atoms with Crippen molar-refractivity contribution in [1.29, 1.82) is 5.41 Å². The normalized spacial score (nSPS) is 24.1. The number of likely N-dealkylation sites (tertiary alicyclic amines) is 1. The summed E-state index contributed by atoms with van der Waals surface area (Å²) in [4.78, 5) is 33.1. The summed E-state index contributed by atoms with van der Waals surface area (Å²) < 4.78 is 7.97. The zero-order valence-electron chi connectivity index (χ0n) is 23.6. The van der Waals surface area contributed by atoms with Crippen LogP contribution >= 0.6 is 0 Å². The van der Waals surface area contributed by atoms with Gasteiger partial charge in [-0.2, -0.15) is 10.1 Å². The lowest BCUT2D eigenvalue weighted by Crippen LogP contribution is -2.39. The maximum absolute atomic E-state index is 13.0. The molecule has 11 heteroatoms. The molecular weight excluding hydrogens is 520 g/mol. The van der Waals surface area contributed by atoms with E-state index in [1.165, 1.54) is 0 Å². The Kier molecular flexibility index (Phi) is 7.37. The number of ketones is 1. The van der Waals surface area contributed by atoms with E-state index in [9.17, 15) is 9.90 Å². The van der Waals surface area contributed by atoms with Gasteiger partial charge in [0.2, 0.25) is 5.88 Å². The molecule has 41 heavy (non-hydrogen) atoms. The molecular formula is C30H36N8O3. The van der Waals surface area contributed by atoms with Gasteiger partial charge < -0.3 is 9.84 Å². The quantitative estimate of drug-likeness (QED) is 0.403. The number of ether oxygens (including phenoxy) is 1. The zero-order chi connectivity index (χ0) is 28.6. The van der Waals surface area contributed by atoms with E-state index in [1.54, 1.807) is 35.5 Å². The molecule has 1 saturated carbocycles. The van der Waals surface area contributed by atoms with E-state index >= 15 is 0 Å². The lowest BCUT2D eigenvalue weighted by molar-refractivity contribution is -0.131. The number of likely N-dealkylation sites (N-methyl/N-ethyl adjacent to an activating group) is 1. The fourth-order valence-electron chi connectivity index (χ4n) is 6.60. The van der Waals surface area contributed by atoms with Gasteiger partial charge in [0.15, 0.2) is 11.6 Å². The van der Waals surface area contributed by atoms with Gasteiger partial charge in [-0.3, -0.25) is 25.1 Å². The van der Waals surface area contributed by atoms with Crippen LogP contribution in [0.5, 0.6) is 5.88 Å². The summed E-state index contributed by atoms with van der Waals surface area (Å²) in [6.07, 6.45) is 13.3. The number of Topliss-reactive ketones (excluding diaryl/α,β-unsaturated/α-hetero) is 1. The van der Waals surface area contributed by atoms with E-state index in [1.807, 2.05) is 13.0 Å². The molecule has 0 unspecified atom stereocenters. The third kappa shape index (κ3) is 5.14. The second kappa shape index (κ2) is 11.1. The van der Waals surface area contributed by atoms with E-state index in [0.29, 0.717) is 54.3 Å². The van der Waals surface area contributed by atoms with Crippen molar-refractivity contribution in [2.24, 2.45) is 5.41 Å². The smallest absolute Gasteiger partial charge is 0.219 e. The summed E-state index contributed by atoms with van der Waals surface area (Å²) in [5.41, 5.74) is 0.826. The maximum Gasteiger partial charge on any atom is 0.219 e. The standard InChI is InChI=1S/C30H36N8O3/c1-19(23-8-6-15-37(23)2)41-26-17-25(38-16-10-21(36-38)22-18-32-13-14-33-22)34-29(35-26)27(31)20-7-5-12-30(28(20)40)11-4-3-9-24(30)39/h10,13-14,16-19,23,31,40H,3-9,11-12,15H2,1-2H3/t19-,23-,30+/m0/s1. The lowest BCUT2D eigenvalue weighted by Gasteiger charge is -2.39. The minimum atomic E-state index is -0.885. The fraction of sp³-hybridized carbons (Fsp3) is 0.500. The van der Waals surface area contributed by atoms with Gasteiger partial charge in [-0.25, -0.2) is 9.67 Å². The molecule has 0 bridgehead atoms. The van der Waals surface area contributed by atoms with E-state index in [-0.39, 0.29) is 35.2 Å². The number of carbonyl (C=O) groups excluding carboxylic acids is 1.